The summed E-state index contributed by atoms with van der Waals surface area (Å²) in [6, 6.07) is 7.42. The molecule has 1 aromatic carbocycles. The van der Waals surface area contributed by atoms with Gasteiger partial charge in [-0.1, -0.05) is 24.3 Å². The van der Waals surface area contributed by atoms with Gasteiger partial charge in [0.15, 0.2) is 5.69 Å². The first-order valence-electron chi connectivity index (χ1n) is 6.84. The second-order valence-electron chi connectivity index (χ2n) is 6.22. The van der Waals surface area contributed by atoms with E-state index in [4.69, 9.17) is 11.3 Å². The highest BCUT2D eigenvalue weighted by atomic mass is 16.6. The van der Waals surface area contributed by atoms with Gasteiger partial charge in [-0.15, -0.1) is 0 Å². The minimum Gasteiger partial charge on any atom is -0.444 e. The summed E-state index contributed by atoms with van der Waals surface area (Å²) in [4.78, 5) is 15.4. The van der Waals surface area contributed by atoms with E-state index in [1.165, 1.54) is 0 Å². The molecule has 4 heteroatoms. The highest BCUT2D eigenvalue weighted by Crippen LogP contribution is 2.41. The summed E-state index contributed by atoms with van der Waals surface area (Å²) in [6.45, 7) is 12.5. The molecule has 0 aromatic heterocycles. The third kappa shape index (κ3) is 3.11. The Morgan fingerprint density at radius 1 is 1.30 bits per heavy atom. The van der Waals surface area contributed by atoms with E-state index in [9.17, 15) is 4.79 Å². The Morgan fingerprint density at radius 2 is 1.90 bits per heavy atom. The lowest BCUT2D eigenvalue weighted by Crippen LogP contribution is -2.52. The smallest absolute Gasteiger partial charge is 0.408 e. The molecule has 1 aliphatic carbocycles. The second kappa shape index (κ2) is 5.16. The highest BCUT2D eigenvalue weighted by molar-refractivity contribution is 5.69. The van der Waals surface area contributed by atoms with Crippen molar-refractivity contribution in [2.45, 2.75) is 51.2 Å². The Hall–Kier alpha value is -2.02. The van der Waals surface area contributed by atoms with E-state index >= 15 is 0 Å². The van der Waals surface area contributed by atoms with Gasteiger partial charge in [0.1, 0.15) is 5.60 Å². The SMILES string of the molecule is [C-]#[N+]c1ccc(C2(NC(=O)OC(C)(C)C)CCC2)cc1. The summed E-state index contributed by atoms with van der Waals surface area (Å²) in [5.74, 6) is 0. The van der Waals surface area contributed by atoms with Gasteiger partial charge in [-0.25, -0.2) is 9.64 Å². The number of amides is 1. The normalized spacial score (nSPS) is 16.7. The molecule has 20 heavy (non-hydrogen) atoms. The van der Waals surface area contributed by atoms with Crippen LogP contribution in [-0.2, 0) is 10.3 Å². The predicted molar refractivity (Wildman–Crippen MR) is 77.6 cm³/mol. The molecule has 1 amide bonds. The van der Waals surface area contributed by atoms with Gasteiger partial charge in [0, 0.05) is 0 Å². The van der Waals surface area contributed by atoms with Crippen LogP contribution in [0.1, 0.15) is 45.6 Å². The standard InChI is InChI=1S/C16H20N2O2/c1-15(2,3)20-14(19)18-16(10-5-11-16)12-6-8-13(17-4)9-7-12/h6-9H,5,10-11H2,1-3H3,(H,18,19). The maximum absolute atomic E-state index is 12.0. The number of nitrogens with one attached hydrogen (secondary N) is 1. The highest BCUT2D eigenvalue weighted by Gasteiger charge is 2.41. The third-order valence-electron chi connectivity index (χ3n) is 3.50. The minimum atomic E-state index is -0.497. The van der Waals surface area contributed by atoms with Gasteiger partial charge >= 0.3 is 6.09 Å². The van der Waals surface area contributed by atoms with E-state index < -0.39 is 5.60 Å². The predicted octanol–water partition coefficient (Wildman–Crippen LogP) is 4.14. The van der Waals surface area contributed by atoms with Crippen molar-refractivity contribution in [2.24, 2.45) is 0 Å². The fourth-order valence-corrected chi connectivity index (χ4v) is 2.37. The Balaban J connectivity index is 2.13. The van der Waals surface area contributed by atoms with E-state index in [2.05, 4.69) is 10.2 Å². The van der Waals surface area contributed by atoms with Crippen molar-refractivity contribution in [3.05, 3.63) is 41.2 Å². The van der Waals surface area contributed by atoms with E-state index in [-0.39, 0.29) is 11.6 Å². The van der Waals surface area contributed by atoms with Gasteiger partial charge in [-0.3, -0.25) is 0 Å². The Kier molecular flexibility index (Phi) is 3.71. The van der Waals surface area contributed by atoms with Gasteiger partial charge in [-0.05, 0) is 45.6 Å². The molecule has 1 saturated carbocycles. The summed E-state index contributed by atoms with van der Waals surface area (Å²) in [5, 5.41) is 3.00. The van der Waals surface area contributed by atoms with Crippen molar-refractivity contribution in [3.63, 3.8) is 0 Å². The molecule has 0 atom stereocenters. The number of alkyl carbamates (subject to hydrolysis) is 1. The van der Waals surface area contributed by atoms with E-state index in [0.29, 0.717) is 5.69 Å². The van der Waals surface area contributed by atoms with Crippen molar-refractivity contribution >= 4 is 11.8 Å². The molecule has 0 saturated heterocycles. The number of nitrogens with zero attached hydrogens (tertiary/aromatic N) is 1. The molecule has 0 bridgehead atoms. The molecule has 2 rings (SSSR count). The lowest BCUT2D eigenvalue weighted by molar-refractivity contribution is 0.0377. The molecule has 1 aromatic rings. The van der Waals surface area contributed by atoms with Crippen LogP contribution in [0.3, 0.4) is 0 Å². The van der Waals surface area contributed by atoms with Crippen LogP contribution in [0.4, 0.5) is 10.5 Å². The average Bonchev–Trinajstić information content (AvgIpc) is 2.32. The summed E-state index contributed by atoms with van der Waals surface area (Å²) in [6.07, 6.45) is 2.51. The van der Waals surface area contributed by atoms with Crippen LogP contribution < -0.4 is 5.32 Å². The molecule has 1 fully saturated rings. The zero-order valence-corrected chi connectivity index (χ0v) is 12.2. The van der Waals surface area contributed by atoms with Gasteiger partial charge in [-0.2, -0.15) is 0 Å². The van der Waals surface area contributed by atoms with E-state index in [1.807, 2.05) is 32.9 Å². The van der Waals surface area contributed by atoms with Crippen LogP contribution in [0.25, 0.3) is 4.85 Å². The topological polar surface area (TPSA) is 42.7 Å². The molecule has 0 heterocycles. The summed E-state index contributed by atoms with van der Waals surface area (Å²) in [5.41, 5.74) is 0.828. The lowest BCUT2D eigenvalue weighted by Gasteiger charge is -2.43. The second-order valence-corrected chi connectivity index (χ2v) is 6.22. The van der Waals surface area contributed by atoms with E-state index in [0.717, 1.165) is 24.8 Å². The molecule has 0 unspecified atom stereocenters. The fraction of sp³-hybridized carbons (Fsp3) is 0.500. The average molecular weight is 272 g/mol. The molecule has 106 valence electrons. The fourth-order valence-electron chi connectivity index (χ4n) is 2.37. The number of hydrogen-bond donors (Lipinski definition) is 1. The van der Waals surface area contributed by atoms with E-state index in [1.54, 1.807) is 12.1 Å². The molecule has 0 radical (unpaired) electrons. The van der Waals surface area contributed by atoms with Crippen LogP contribution in [0, 0.1) is 6.57 Å². The third-order valence-corrected chi connectivity index (χ3v) is 3.50. The number of ether oxygens (including phenoxy) is 1. The van der Waals surface area contributed by atoms with Gasteiger partial charge in [0.25, 0.3) is 0 Å². The molecular formula is C16H20N2O2. The van der Waals surface area contributed by atoms with Crippen LogP contribution in [0.5, 0.6) is 0 Å². The van der Waals surface area contributed by atoms with Gasteiger partial charge < -0.3 is 10.1 Å². The zero-order valence-electron chi connectivity index (χ0n) is 12.2. The zero-order chi connectivity index (χ0) is 14.8. The first-order chi connectivity index (χ1) is 9.35. The first kappa shape index (κ1) is 14.4. The summed E-state index contributed by atoms with van der Waals surface area (Å²) < 4.78 is 5.34. The molecule has 0 spiro atoms. The maximum Gasteiger partial charge on any atom is 0.408 e. The number of carbonyl (C=O) groups excluding carboxylic acids is 1. The van der Waals surface area contributed by atoms with Crippen molar-refractivity contribution in [3.8, 4) is 0 Å². The summed E-state index contributed by atoms with van der Waals surface area (Å²) in [7, 11) is 0. The Bertz CT molecular complexity index is 531. The maximum atomic E-state index is 12.0. The van der Waals surface area contributed by atoms with Crippen LogP contribution >= 0.6 is 0 Å². The van der Waals surface area contributed by atoms with Crippen molar-refractivity contribution in [1.82, 2.24) is 5.32 Å². The van der Waals surface area contributed by atoms with Gasteiger partial charge in [0.2, 0.25) is 0 Å². The van der Waals surface area contributed by atoms with Crippen molar-refractivity contribution < 1.29 is 9.53 Å². The van der Waals surface area contributed by atoms with Crippen LogP contribution in [0.2, 0.25) is 0 Å². The Labute approximate surface area is 120 Å². The lowest BCUT2D eigenvalue weighted by atomic mass is 9.72. The van der Waals surface area contributed by atoms with Crippen molar-refractivity contribution in [2.75, 3.05) is 0 Å². The van der Waals surface area contributed by atoms with Crippen molar-refractivity contribution in [1.29, 1.82) is 0 Å². The summed E-state index contributed by atoms with van der Waals surface area (Å²) >= 11 is 0. The number of carbonyl (C=O) groups is 1. The molecule has 1 aliphatic rings. The molecule has 4 nitrogen and oxygen atoms in total. The number of benzene rings is 1. The number of rotatable bonds is 2. The van der Waals surface area contributed by atoms with Gasteiger partial charge in [0.05, 0.1) is 12.1 Å². The molecule has 1 N–H and O–H groups in total. The molecular weight excluding hydrogens is 252 g/mol. The van der Waals surface area contributed by atoms with Crippen LogP contribution in [0.15, 0.2) is 24.3 Å². The largest absolute Gasteiger partial charge is 0.444 e. The monoisotopic (exact) mass is 272 g/mol. The minimum absolute atomic E-state index is 0.330. The quantitative estimate of drug-likeness (QED) is 0.822. The first-order valence-corrected chi connectivity index (χ1v) is 6.84. The van der Waals surface area contributed by atoms with Crippen LogP contribution in [-0.4, -0.2) is 11.7 Å². The number of hydrogen-bond acceptors (Lipinski definition) is 2. The molecule has 0 aliphatic heterocycles. The Morgan fingerprint density at radius 3 is 2.30 bits per heavy atom.